The SMILES string of the molecule is C=C(C=CC=CC)c1ccc(-n2c3ccccc3c3c4c5ccccc5n(-c5cccc(-c6ccccc6)c5)c4ccc32)cc1. The molecule has 0 unspecified atom stereocenters. The van der Waals surface area contributed by atoms with E-state index in [1.54, 1.807) is 0 Å². The minimum atomic E-state index is 0.993. The quantitative estimate of drug-likeness (QED) is 0.174. The first-order valence-electron chi connectivity index (χ1n) is 15.4. The van der Waals surface area contributed by atoms with Gasteiger partial charge in [-0.05, 0) is 77.7 Å². The Morgan fingerprint density at radius 3 is 1.73 bits per heavy atom. The van der Waals surface area contributed by atoms with E-state index in [0.29, 0.717) is 0 Å². The Labute approximate surface area is 263 Å². The van der Waals surface area contributed by atoms with Gasteiger partial charge in [0.15, 0.2) is 0 Å². The zero-order valence-electron chi connectivity index (χ0n) is 25.2. The van der Waals surface area contributed by atoms with Crippen LogP contribution in [0, 0.1) is 0 Å². The molecule has 0 radical (unpaired) electrons. The monoisotopic (exact) mass is 576 g/mol. The molecule has 0 atom stereocenters. The van der Waals surface area contributed by atoms with Crippen molar-refractivity contribution in [2.24, 2.45) is 0 Å². The Morgan fingerprint density at radius 1 is 0.511 bits per heavy atom. The molecule has 0 saturated carbocycles. The first-order valence-corrected chi connectivity index (χ1v) is 15.4. The van der Waals surface area contributed by atoms with Crippen LogP contribution in [0.4, 0.5) is 0 Å². The molecule has 6 aromatic carbocycles. The van der Waals surface area contributed by atoms with Gasteiger partial charge < -0.3 is 9.13 Å². The number of hydrogen-bond donors (Lipinski definition) is 0. The van der Waals surface area contributed by atoms with E-state index >= 15 is 0 Å². The van der Waals surface area contributed by atoms with Crippen LogP contribution >= 0.6 is 0 Å². The zero-order chi connectivity index (χ0) is 30.3. The zero-order valence-corrected chi connectivity index (χ0v) is 25.2. The number of fused-ring (bicyclic) bond motifs is 7. The molecule has 0 saturated heterocycles. The highest BCUT2D eigenvalue weighted by Crippen LogP contribution is 2.42. The summed E-state index contributed by atoms with van der Waals surface area (Å²) in [5.41, 5.74) is 11.6. The molecule has 0 bridgehead atoms. The second-order valence-corrected chi connectivity index (χ2v) is 11.4. The normalized spacial score (nSPS) is 12.0. The molecular weight excluding hydrogens is 544 g/mol. The Morgan fingerprint density at radius 2 is 1.09 bits per heavy atom. The van der Waals surface area contributed by atoms with Gasteiger partial charge in [0, 0.05) is 32.9 Å². The van der Waals surface area contributed by atoms with E-state index in [4.69, 9.17) is 0 Å². The summed E-state index contributed by atoms with van der Waals surface area (Å²) >= 11 is 0. The van der Waals surface area contributed by atoms with Crippen LogP contribution in [-0.4, -0.2) is 9.13 Å². The standard InChI is InChI=1S/C43H32N2/c1-3-4-6-14-30(2)31-23-25-34(26-24-31)44-38-21-11-9-19-36(38)42-40(44)27-28-41-43(42)37-20-10-12-22-39(37)45(41)35-18-13-17-33(29-35)32-15-7-5-8-16-32/h3-29H,2H2,1H3. The number of rotatable bonds is 6. The Balaban J connectivity index is 1.37. The van der Waals surface area contributed by atoms with E-state index < -0.39 is 0 Å². The molecule has 0 amide bonds. The highest BCUT2D eigenvalue weighted by atomic mass is 15.0. The fourth-order valence-corrected chi connectivity index (χ4v) is 6.73. The third-order valence-electron chi connectivity index (χ3n) is 8.78. The first-order chi connectivity index (χ1) is 22.2. The van der Waals surface area contributed by atoms with Gasteiger partial charge in [-0.1, -0.05) is 122 Å². The third kappa shape index (κ3) is 4.42. The molecule has 0 aliphatic rings. The third-order valence-corrected chi connectivity index (χ3v) is 8.78. The average Bonchev–Trinajstić information content (AvgIpc) is 3.62. The van der Waals surface area contributed by atoms with Crippen LogP contribution in [0.1, 0.15) is 12.5 Å². The minimum absolute atomic E-state index is 0.993. The maximum atomic E-state index is 4.27. The van der Waals surface area contributed by atoms with Crippen molar-refractivity contribution in [1.82, 2.24) is 9.13 Å². The topological polar surface area (TPSA) is 9.86 Å². The van der Waals surface area contributed by atoms with E-state index in [1.807, 2.05) is 25.2 Å². The molecule has 2 heterocycles. The maximum absolute atomic E-state index is 4.27. The minimum Gasteiger partial charge on any atom is -0.309 e. The van der Waals surface area contributed by atoms with Crippen molar-refractivity contribution in [2.45, 2.75) is 6.92 Å². The van der Waals surface area contributed by atoms with Crippen molar-refractivity contribution < 1.29 is 0 Å². The molecule has 2 aromatic heterocycles. The predicted molar refractivity (Wildman–Crippen MR) is 194 cm³/mol. The molecule has 45 heavy (non-hydrogen) atoms. The molecule has 0 aliphatic carbocycles. The van der Waals surface area contributed by atoms with Crippen LogP contribution in [0.3, 0.4) is 0 Å². The fraction of sp³-hybridized carbons (Fsp3) is 0.0233. The Hall–Kier alpha value is -5.86. The lowest BCUT2D eigenvalue weighted by Gasteiger charge is -2.11. The second kappa shape index (κ2) is 11.0. The summed E-state index contributed by atoms with van der Waals surface area (Å²) in [6.07, 6.45) is 8.13. The number of benzene rings is 6. The molecule has 8 rings (SSSR count). The Bertz CT molecular complexity index is 2430. The first kappa shape index (κ1) is 26.7. The molecule has 8 aromatic rings. The molecule has 0 aliphatic heterocycles. The largest absolute Gasteiger partial charge is 0.309 e. The lowest BCUT2D eigenvalue weighted by atomic mass is 10.0. The summed E-state index contributed by atoms with van der Waals surface area (Å²) in [5.74, 6) is 0. The van der Waals surface area contributed by atoms with Crippen molar-refractivity contribution in [2.75, 3.05) is 0 Å². The average molecular weight is 577 g/mol. The molecule has 0 spiro atoms. The van der Waals surface area contributed by atoms with E-state index in [2.05, 4.69) is 161 Å². The van der Waals surface area contributed by atoms with Crippen LogP contribution < -0.4 is 0 Å². The number of allylic oxidation sites excluding steroid dienone is 5. The number of hydrogen-bond acceptors (Lipinski definition) is 0. The number of aromatic nitrogens is 2. The van der Waals surface area contributed by atoms with Gasteiger partial charge in [-0.15, -0.1) is 0 Å². The summed E-state index contributed by atoms with van der Waals surface area (Å²) in [7, 11) is 0. The van der Waals surface area contributed by atoms with Crippen LogP contribution in [0.15, 0.2) is 170 Å². The van der Waals surface area contributed by atoms with Crippen LogP contribution in [0.2, 0.25) is 0 Å². The smallest absolute Gasteiger partial charge is 0.0548 e. The van der Waals surface area contributed by atoms with Gasteiger partial charge in [0.25, 0.3) is 0 Å². The molecule has 0 N–H and O–H groups in total. The van der Waals surface area contributed by atoms with Crippen LogP contribution in [0.5, 0.6) is 0 Å². The predicted octanol–water partition coefficient (Wildman–Crippen LogP) is 11.7. The van der Waals surface area contributed by atoms with Crippen molar-refractivity contribution >= 4 is 49.2 Å². The number of para-hydroxylation sites is 2. The van der Waals surface area contributed by atoms with Crippen molar-refractivity contribution in [3.8, 4) is 22.5 Å². The lowest BCUT2D eigenvalue weighted by Crippen LogP contribution is -1.95. The molecule has 2 heteroatoms. The van der Waals surface area contributed by atoms with Gasteiger partial charge in [-0.3, -0.25) is 0 Å². The molecule has 2 nitrogen and oxygen atoms in total. The van der Waals surface area contributed by atoms with Gasteiger partial charge >= 0.3 is 0 Å². The highest BCUT2D eigenvalue weighted by molar-refractivity contribution is 6.28. The van der Waals surface area contributed by atoms with Crippen LogP contribution in [-0.2, 0) is 0 Å². The van der Waals surface area contributed by atoms with E-state index in [1.165, 1.54) is 54.7 Å². The van der Waals surface area contributed by atoms with Crippen molar-refractivity contribution in [3.63, 3.8) is 0 Å². The summed E-state index contributed by atoms with van der Waals surface area (Å²) in [6, 6.07) is 50.4. The second-order valence-electron chi connectivity index (χ2n) is 11.4. The van der Waals surface area contributed by atoms with Gasteiger partial charge in [-0.2, -0.15) is 0 Å². The summed E-state index contributed by atoms with van der Waals surface area (Å²) < 4.78 is 4.82. The van der Waals surface area contributed by atoms with E-state index in [-0.39, 0.29) is 0 Å². The lowest BCUT2D eigenvalue weighted by molar-refractivity contribution is 1.17. The maximum Gasteiger partial charge on any atom is 0.0548 e. The summed E-state index contributed by atoms with van der Waals surface area (Å²) in [6.45, 7) is 6.29. The fourth-order valence-electron chi connectivity index (χ4n) is 6.73. The molecule has 214 valence electrons. The van der Waals surface area contributed by atoms with Gasteiger partial charge in [0.2, 0.25) is 0 Å². The van der Waals surface area contributed by atoms with Crippen LogP contribution in [0.25, 0.3) is 71.7 Å². The summed E-state index contributed by atoms with van der Waals surface area (Å²) in [5, 5.41) is 5.06. The Kier molecular flexibility index (Phi) is 6.54. The molecule has 0 fully saturated rings. The van der Waals surface area contributed by atoms with Crippen molar-refractivity contribution in [1.29, 1.82) is 0 Å². The summed E-state index contributed by atoms with van der Waals surface area (Å²) in [4.78, 5) is 0. The van der Waals surface area contributed by atoms with Gasteiger partial charge in [0.1, 0.15) is 0 Å². The van der Waals surface area contributed by atoms with Gasteiger partial charge in [0.05, 0.1) is 22.1 Å². The van der Waals surface area contributed by atoms with E-state index in [0.717, 1.165) is 22.5 Å². The van der Waals surface area contributed by atoms with Crippen molar-refractivity contribution in [3.05, 3.63) is 176 Å². The van der Waals surface area contributed by atoms with E-state index in [9.17, 15) is 0 Å². The molecular formula is C43H32N2. The van der Waals surface area contributed by atoms with Gasteiger partial charge in [-0.25, -0.2) is 0 Å². The number of nitrogens with zero attached hydrogens (tertiary/aromatic N) is 2. The highest BCUT2D eigenvalue weighted by Gasteiger charge is 2.20.